The summed E-state index contributed by atoms with van der Waals surface area (Å²) < 4.78 is 0. The molecule has 1 saturated heterocycles. The van der Waals surface area contributed by atoms with E-state index in [9.17, 15) is 9.90 Å². The molecule has 1 fully saturated rings. The number of piperidine rings is 1. The second-order valence-corrected chi connectivity index (χ2v) is 5.96. The van der Waals surface area contributed by atoms with Gasteiger partial charge in [-0.2, -0.15) is 0 Å². The zero-order valence-electron chi connectivity index (χ0n) is 12.5. The highest BCUT2D eigenvalue weighted by Crippen LogP contribution is 2.38. The summed E-state index contributed by atoms with van der Waals surface area (Å²) >= 11 is 0. The quantitative estimate of drug-likeness (QED) is 0.890. The number of nitrogens with zero attached hydrogens (tertiary/aromatic N) is 1. The van der Waals surface area contributed by atoms with E-state index in [0.717, 1.165) is 38.8 Å². The van der Waals surface area contributed by atoms with E-state index in [2.05, 4.69) is 43.0 Å². The molecule has 0 saturated carbocycles. The second kappa shape index (κ2) is 6.40. The Balaban J connectivity index is 2.02. The fourth-order valence-corrected chi connectivity index (χ4v) is 3.33. The molecule has 2 rings (SSSR count). The van der Waals surface area contributed by atoms with Crippen molar-refractivity contribution >= 4 is 5.97 Å². The van der Waals surface area contributed by atoms with Crippen molar-refractivity contribution in [2.75, 3.05) is 13.1 Å². The Bertz CT molecular complexity index is 436. The van der Waals surface area contributed by atoms with Gasteiger partial charge in [-0.3, -0.25) is 9.69 Å². The number of likely N-dealkylation sites (tertiary alicyclic amines) is 1. The smallest absolute Gasteiger partial charge is 0.309 e. The Morgan fingerprint density at radius 3 is 2.40 bits per heavy atom. The van der Waals surface area contributed by atoms with Crippen LogP contribution in [0.1, 0.15) is 51.1 Å². The van der Waals surface area contributed by atoms with Crippen LogP contribution < -0.4 is 0 Å². The summed E-state index contributed by atoms with van der Waals surface area (Å²) in [7, 11) is 0. The third-order valence-corrected chi connectivity index (χ3v) is 4.77. The summed E-state index contributed by atoms with van der Waals surface area (Å²) in [5, 5.41) is 9.54. The van der Waals surface area contributed by atoms with Crippen LogP contribution in [0.15, 0.2) is 30.3 Å². The van der Waals surface area contributed by atoms with E-state index in [1.54, 1.807) is 0 Å². The van der Waals surface area contributed by atoms with Gasteiger partial charge in [0.1, 0.15) is 0 Å². The van der Waals surface area contributed by atoms with Gasteiger partial charge in [-0.25, -0.2) is 0 Å². The number of hydrogen-bond acceptors (Lipinski definition) is 2. The second-order valence-electron chi connectivity index (χ2n) is 5.96. The molecule has 3 heteroatoms. The maximum Gasteiger partial charge on any atom is 0.309 e. The standard InChI is InChI=1S/C17H25NO2/c1-3-9-17(16(19)20)10-12-18(13-11-17)14(2)15-7-5-4-6-8-15/h4-8,14H,3,9-13H2,1-2H3,(H,19,20). The van der Waals surface area contributed by atoms with Crippen molar-refractivity contribution in [3.63, 3.8) is 0 Å². The summed E-state index contributed by atoms with van der Waals surface area (Å²) in [6, 6.07) is 10.8. The van der Waals surface area contributed by atoms with E-state index in [-0.39, 0.29) is 0 Å². The number of carboxylic acid groups (broad SMARTS) is 1. The summed E-state index contributed by atoms with van der Waals surface area (Å²) in [4.78, 5) is 14.0. The molecular formula is C17H25NO2. The SMILES string of the molecule is CCCC1(C(=O)O)CCN(C(C)c2ccccc2)CC1. The number of hydrogen-bond donors (Lipinski definition) is 1. The van der Waals surface area contributed by atoms with Gasteiger partial charge < -0.3 is 5.11 Å². The van der Waals surface area contributed by atoms with Gasteiger partial charge >= 0.3 is 5.97 Å². The average molecular weight is 275 g/mol. The van der Waals surface area contributed by atoms with Gasteiger partial charge in [0.05, 0.1) is 5.41 Å². The van der Waals surface area contributed by atoms with Crippen LogP contribution in [0.4, 0.5) is 0 Å². The molecule has 1 aromatic carbocycles. The van der Waals surface area contributed by atoms with E-state index in [4.69, 9.17) is 0 Å². The van der Waals surface area contributed by atoms with E-state index >= 15 is 0 Å². The van der Waals surface area contributed by atoms with Crippen LogP contribution in [0.3, 0.4) is 0 Å². The molecule has 0 radical (unpaired) electrons. The highest BCUT2D eigenvalue weighted by atomic mass is 16.4. The number of benzene rings is 1. The largest absolute Gasteiger partial charge is 0.481 e. The minimum absolute atomic E-state index is 0.365. The third-order valence-electron chi connectivity index (χ3n) is 4.77. The predicted molar refractivity (Wildman–Crippen MR) is 80.6 cm³/mol. The third kappa shape index (κ3) is 3.04. The summed E-state index contributed by atoms with van der Waals surface area (Å²) in [6.45, 7) is 6.04. The first-order chi connectivity index (χ1) is 9.59. The molecule has 1 aliphatic heterocycles. The van der Waals surface area contributed by atoms with Crippen LogP contribution in [0.2, 0.25) is 0 Å². The number of carboxylic acids is 1. The molecule has 0 aromatic heterocycles. The monoisotopic (exact) mass is 275 g/mol. The minimum Gasteiger partial charge on any atom is -0.481 e. The van der Waals surface area contributed by atoms with Crippen molar-refractivity contribution in [2.45, 2.75) is 45.6 Å². The first-order valence-corrected chi connectivity index (χ1v) is 7.61. The van der Waals surface area contributed by atoms with Crippen LogP contribution in [-0.4, -0.2) is 29.1 Å². The molecular weight excluding hydrogens is 250 g/mol. The molecule has 0 aliphatic carbocycles. The van der Waals surface area contributed by atoms with Gasteiger partial charge in [-0.1, -0.05) is 43.7 Å². The normalized spacial score (nSPS) is 20.5. The van der Waals surface area contributed by atoms with Crippen molar-refractivity contribution in [1.82, 2.24) is 4.90 Å². The van der Waals surface area contributed by atoms with Gasteiger partial charge in [-0.05, 0) is 44.8 Å². The van der Waals surface area contributed by atoms with Crippen molar-refractivity contribution in [3.05, 3.63) is 35.9 Å². The van der Waals surface area contributed by atoms with E-state index < -0.39 is 11.4 Å². The van der Waals surface area contributed by atoms with Crippen molar-refractivity contribution in [3.8, 4) is 0 Å². The molecule has 110 valence electrons. The lowest BCUT2D eigenvalue weighted by Gasteiger charge is -2.41. The lowest BCUT2D eigenvalue weighted by atomic mass is 9.74. The topological polar surface area (TPSA) is 40.5 Å². The van der Waals surface area contributed by atoms with E-state index in [1.165, 1.54) is 5.56 Å². The molecule has 20 heavy (non-hydrogen) atoms. The highest BCUT2D eigenvalue weighted by Gasteiger charge is 2.41. The molecule has 1 heterocycles. The molecule has 0 spiro atoms. The molecule has 1 aromatic rings. The van der Waals surface area contributed by atoms with Crippen molar-refractivity contribution < 1.29 is 9.90 Å². The number of rotatable bonds is 5. The van der Waals surface area contributed by atoms with Gasteiger partial charge in [-0.15, -0.1) is 0 Å². The first kappa shape index (κ1) is 15.0. The molecule has 0 amide bonds. The Labute approximate surface area is 121 Å². The fraction of sp³-hybridized carbons (Fsp3) is 0.588. The zero-order chi connectivity index (χ0) is 14.6. The minimum atomic E-state index is -0.605. The van der Waals surface area contributed by atoms with Crippen LogP contribution in [-0.2, 0) is 4.79 Å². The Morgan fingerprint density at radius 1 is 1.30 bits per heavy atom. The van der Waals surface area contributed by atoms with Crippen molar-refractivity contribution in [2.24, 2.45) is 5.41 Å². The maximum atomic E-state index is 11.6. The van der Waals surface area contributed by atoms with Gasteiger partial charge in [0, 0.05) is 6.04 Å². The summed E-state index contributed by atoms with van der Waals surface area (Å²) in [5.74, 6) is -0.605. The first-order valence-electron chi connectivity index (χ1n) is 7.61. The zero-order valence-corrected chi connectivity index (χ0v) is 12.5. The van der Waals surface area contributed by atoms with Crippen LogP contribution in [0.25, 0.3) is 0 Å². The Morgan fingerprint density at radius 2 is 1.90 bits per heavy atom. The fourth-order valence-electron chi connectivity index (χ4n) is 3.33. The van der Waals surface area contributed by atoms with Crippen LogP contribution in [0.5, 0.6) is 0 Å². The maximum absolute atomic E-state index is 11.6. The molecule has 0 bridgehead atoms. The van der Waals surface area contributed by atoms with Crippen molar-refractivity contribution in [1.29, 1.82) is 0 Å². The molecule has 1 atom stereocenters. The van der Waals surface area contributed by atoms with E-state index in [0.29, 0.717) is 6.04 Å². The highest BCUT2D eigenvalue weighted by molar-refractivity contribution is 5.74. The summed E-state index contributed by atoms with van der Waals surface area (Å²) in [6.07, 6.45) is 3.29. The Hall–Kier alpha value is -1.35. The molecule has 1 unspecified atom stereocenters. The Kier molecular flexibility index (Phi) is 4.81. The van der Waals surface area contributed by atoms with Gasteiger partial charge in [0.25, 0.3) is 0 Å². The molecule has 3 nitrogen and oxygen atoms in total. The molecule has 1 aliphatic rings. The lowest BCUT2D eigenvalue weighted by molar-refractivity contribution is -0.153. The van der Waals surface area contributed by atoms with Crippen LogP contribution in [0, 0.1) is 5.41 Å². The van der Waals surface area contributed by atoms with Gasteiger partial charge in [0.15, 0.2) is 0 Å². The van der Waals surface area contributed by atoms with Crippen LogP contribution >= 0.6 is 0 Å². The average Bonchev–Trinajstić information content (AvgIpc) is 2.48. The number of aliphatic carboxylic acids is 1. The summed E-state index contributed by atoms with van der Waals surface area (Å²) in [5.41, 5.74) is 0.826. The van der Waals surface area contributed by atoms with Gasteiger partial charge in [0.2, 0.25) is 0 Å². The van der Waals surface area contributed by atoms with E-state index in [1.807, 2.05) is 6.07 Å². The predicted octanol–water partition coefficient (Wildman–Crippen LogP) is 3.71. The lowest BCUT2D eigenvalue weighted by Crippen LogP contribution is -2.45. The molecule has 1 N–H and O–H groups in total. The number of carbonyl (C=O) groups is 1.